The number of nitrogens with zero attached hydrogens (tertiary/aromatic N) is 2. The zero-order valence-corrected chi connectivity index (χ0v) is 15.7. The quantitative estimate of drug-likeness (QED) is 0.820. The van der Waals surface area contributed by atoms with Crippen molar-refractivity contribution in [3.63, 3.8) is 0 Å². The molecule has 0 saturated carbocycles. The maximum absolute atomic E-state index is 12.7. The highest BCUT2D eigenvalue weighted by molar-refractivity contribution is 5.78. The summed E-state index contributed by atoms with van der Waals surface area (Å²) in [6.45, 7) is 6.46. The van der Waals surface area contributed by atoms with Crippen LogP contribution in [-0.2, 0) is 9.53 Å². The van der Waals surface area contributed by atoms with Crippen molar-refractivity contribution in [3.05, 3.63) is 29.8 Å². The summed E-state index contributed by atoms with van der Waals surface area (Å²) in [7, 11) is 4.22. The fraction of sp³-hybridized carbons (Fsp3) is 0.650. The summed E-state index contributed by atoms with van der Waals surface area (Å²) in [6.07, 6.45) is 2.10. The summed E-state index contributed by atoms with van der Waals surface area (Å²) < 4.78 is 11.3. The van der Waals surface area contributed by atoms with Crippen molar-refractivity contribution in [1.82, 2.24) is 9.80 Å². The van der Waals surface area contributed by atoms with E-state index < -0.39 is 0 Å². The van der Waals surface area contributed by atoms with Crippen LogP contribution >= 0.6 is 0 Å². The molecule has 1 atom stereocenters. The van der Waals surface area contributed by atoms with E-state index in [9.17, 15) is 4.79 Å². The third-order valence-electron chi connectivity index (χ3n) is 5.62. The summed E-state index contributed by atoms with van der Waals surface area (Å²) in [5.74, 6) is 1.35. The highest BCUT2D eigenvalue weighted by Gasteiger charge is 2.48. The molecule has 0 aliphatic carbocycles. The van der Waals surface area contributed by atoms with Crippen molar-refractivity contribution >= 4 is 5.91 Å². The first-order valence-electron chi connectivity index (χ1n) is 9.18. The number of carbonyl (C=O) groups is 1. The van der Waals surface area contributed by atoms with Crippen LogP contribution in [-0.4, -0.2) is 69.3 Å². The molecule has 0 bridgehead atoms. The number of rotatable bonds is 5. The van der Waals surface area contributed by atoms with Crippen LogP contribution in [0.4, 0.5) is 0 Å². The summed E-state index contributed by atoms with van der Waals surface area (Å²) in [5, 5.41) is 0. The fourth-order valence-electron chi connectivity index (χ4n) is 4.13. The molecule has 2 aliphatic heterocycles. The Morgan fingerprint density at radius 3 is 2.60 bits per heavy atom. The Kier molecular flexibility index (Phi) is 5.64. The molecule has 1 amide bonds. The second kappa shape index (κ2) is 7.75. The van der Waals surface area contributed by atoms with Crippen molar-refractivity contribution in [1.29, 1.82) is 0 Å². The van der Waals surface area contributed by atoms with Gasteiger partial charge in [0.1, 0.15) is 5.75 Å². The van der Waals surface area contributed by atoms with E-state index in [2.05, 4.69) is 19.0 Å². The fourth-order valence-corrected chi connectivity index (χ4v) is 4.13. The minimum Gasteiger partial charge on any atom is -0.484 e. The second-order valence-electron chi connectivity index (χ2n) is 7.81. The van der Waals surface area contributed by atoms with E-state index in [0.717, 1.165) is 51.4 Å². The average Bonchev–Trinajstić information content (AvgIpc) is 2.92. The number of amides is 1. The Hall–Kier alpha value is -1.59. The Bertz CT molecular complexity index is 579. The molecule has 2 saturated heterocycles. The van der Waals surface area contributed by atoms with Gasteiger partial charge in [0.05, 0.1) is 0 Å². The lowest BCUT2D eigenvalue weighted by Crippen LogP contribution is -2.41. The highest BCUT2D eigenvalue weighted by Crippen LogP contribution is 2.44. The molecule has 1 unspecified atom stereocenters. The molecule has 3 rings (SSSR count). The number of ether oxygens (including phenoxy) is 2. The summed E-state index contributed by atoms with van der Waals surface area (Å²) in [4.78, 5) is 16.9. The Labute approximate surface area is 150 Å². The zero-order chi connectivity index (χ0) is 17.9. The molecule has 2 fully saturated rings. The minimum absolute atomic E-state index is 0.0905. The minimum atomic E-state index is 0.0905. The van der Waals surface area contributed by atoms with Gasteiger partial charge in [-0.2, -0.15) is 0 Å². The maximum atomic E-state index is 12.7. The van der Waals surface area contributed by atoms with Crippen LogP contribution in [0.15, 0.2) is 24.3 Å². The van der Waals surface area contributed by atoms with Gasteiger partial charge < -0.3 is 19.3 Å². The topological polar surface area (TPSA) is 42.0 Å². The van der Waals surface area contributed by atoms with Gasteiger partial charge in [-0.3, -0.25) is 4.79 Å². The van der Waals surface area contributed by atoms with Gasteiger partial charge in [-0.05, 0) is 57.3 Å². The van der Waals surface area contributed by atoms with Gasteiger partial charge in [-0.25, -0.2) is 0 Å². The normalized spacial score (nSPS) is 22.6. The molecule has 0 aromatic heterocycles. The summed E-state index contributed by atoms with van der Waals surface area (Å²) in [6, 6.07) is 7.84. The average molecular weight is 346 g/mol. The number of hydrogen-bond acceptors (Lipinski definition) is 4. The molecule has 1 aromatic carbocycles. The molecule has 1 aromatic rings. The zero-order valence-electron chi connectivity index (χ0n) is 15.7. The van der Waals surface area contributed by atoms with Gasteiger partial charge in [0.2, 0.25) is 0 Å². The molecule has 138 valence electrons. The molecule has 5 nitrogen and oxygen atoms in total. The standard InChI is InChI=1S/C20H30N2O3/c1-16-4-6-18(7-5-16)25-14-19(23)22-13-17(12-21(2)3)20(15-22)8-10-24-11-9-20/h4-7,17H,8-15H2,1-3H3. The van der Waals surface area contributed by atoms with Crippen molar-refractivity contribution in [2.75, 3.05) is 53.6 Å². The first-order valence-corrected chi connectivity index (χ1v) is 9.18. The Balaban J connectivity index is 1.61. The monoisotopic (exact) mass is 346 g/mol. The van der Waals surface area contributed by atoms with Crippen molar-refractivity contribution in [3.8, 4) is 5.75 Å². The van der Waals surface area contributed by atoms with Crippen LogP contribution in [0.1, 0.15) is 18.4 Å². The van der Waals surface area contributed by atoms with Crippen LogP contribution in [0.25, 0.3) is 0 Å². The predicted octanol–water partition coefficient (Wildman–Crippen LogP) is 2.19. The number of benzene rings is 1. The highest BCUT2D eigenvalue weighted by atomic mass is 16.5. The number of likely N-dealkylation sites (tertiary alicyclic amines) is 1. The van der Waals surface area contributed by atoms with Gasteiger partial charge in [-0.15, -0.1) is 0 Å². The molecular formula is C20H30N2O3. The van der Waals surface area contributed by atoms with Crippen molar-refractivity contribution in [2.45, 2.75) is 19.8 Å². The third-order valence-corrected chi connectivity index (χ3v) is 5.62. The van der Waals surface area contributed by atoms with Crippen molar-refractivity contribution in [2.24, 2.45) is 11.3 Å². The van der Waals surface area contributed by atoms with E-state index in [4.69, 9.17) is 9.47 Å². The van der Waals surface area contributed by atoms with Gasteiger partial charge in [0, 0.05) is 32.8 Å². The third kappa shape index (κ3) is 4.33. The first-order chi connectivity index (χ1) is 12.0. The van der Waals surface area contributed by atoms with Gasteiger partial charge >= 0.3 is 0 Å². The lowest BCUT2D eigenvalue weighted by atomic mass is 9.72. The smallest absolute Gasteiger partial charge is 0.260 e. The first kappa shape index (κ1) is 18.2. The van der Waals surface area contributed by atoms with E-state index in [1.165, 1.54) is 5.56 Å². The van der Waals surface area contributed by atoms with Crippen LogP contribution in [0, 0.1) is 18.3 Å². The molecule has 2 aliphatic rings. The number of hydrogen-bond donors (Lipinski definition) is 0. The van der Waals surface area contributed by atoms with Gasteiger partial charge in [0.15, 0.2) is 6.61 Å². The number of aryl methyl sites for hydroxylation is 1. The summed E-state index contributed by atoms with van der Waals surface area (Å²) >= 11 is 0. The van der Waals surface area contributed by atoms with Crippen LogP contribution in [0.3, 0.4) is 0 Å². The molecule has 2 heterocycles. The van der Waals surface area contributed by atoms with Gasteiger partial charge in [0.25, 0.3) is 5.91 Å². The van der Waals surface area contributed by atoms with Crippen molar-refractivity contribution < 1.29 is 14.3 Å². The van der Waals surface area contributed by atoms with Crippen LogP contribution in [0.2, 0.25) is 0 Å². The lowest BCUT2D eigenvalue weighted by Gasteiger charge is -2.38. The largest absolute Gasteiger partial charge is 0.484 e. The van der Waals surface area contributed by atoms with E-state index >= 15 is 0 Å². The molecule has 0 radical (unpaired) electrons. The Morgan fingerprint density at radius 1 is 1.28 bits per heavy atom. The second-order valence-corrected chi connectivity index (χ2v) is 7.81. The predicted molar refractivity (Wildman–Crippen MR) is 97.8 cm³/mol. The summed E-state index contributed by atoms with van der Waals surface area (Å²) in [5.41, 5.74) is 1.40. The Morgan fingerprint density at radius 2 is 1.96 bits per heavy atom. The molecule has 5 heteroatoms. The van der Waals surface area contributed by atoms with E-state index in [1.807, 2.05) is 36.1 Å². The van der Waals surface area contributed by atoms with E-state index in [0.29, 0.717) is 5.92 Å². The SMILES string of the molecule is Cc1ccc(OCC(=O)N2CC(CN(C)C)C3(CCOCC3)C2)cc1. The van der Waals surface area contributed by atoms with Gasteiger partial charge in [-0.1, -0.05) is 17.7 Å². The van der Waals surface area contributed by atoms with E-state index in [-0.39, 0.29) is 17.9 Å². The molecule has 0 N–H and O–H groups in total. The molecule has 1 spiro atoms. The molecule has 25 heavy (non-hydrogen) atoms. The van der Waals surface area contributed by atoms with Crippen LogP contribution < -0.4 is 4.74 Å². The molecular weight excluding hydrogens is 316 g/mol. The maximum Gasteiger partial charge on any atom is 0.260 e. The number of carbonyl (C=O) groups excluding carboxylic acids is 1. The van der Waals surface area contributed by atoms with Crippen LogP contribution in [0.5, 0.6) is 5.75 Å². The lowest BCUT2D eigenvalue weighted by molar-refractivity contribution is -0.133. The van der Waals surface area contributed by atoms with E-state index in [1.54, 1.807) is 0 Å².